The summed E-state index contributed by atoms with van der Waals surface area (Å²) < 4.78 is 0. The normalized spacial score (nSPS) is 25.0. The summed E-state index contributed by atoms with van der Waals surface area (Å²) in [5.41, 5.74) is 0. The van der Waals surface area contributed by atoms with Gasteiger partial charge in [-0.3, -0.25) is 0 Å². The van der Waals surface area contributed by atoms with Gasteiger partial charge in [0.1, 0.15) is 0 Å². The van der Waals surface area contributed by atoms with Gasteiger partial charge in [0.05, 0.1) is 0 Å². The SMILES string of the molecule is OC1(O)OO1.[NaH]. The second-order valence-corrected chi connectivity index (χ2v) is 0.715. The van der Waals surface area contributed by atoms with Gasteiger partial charge in [0.2, 0.25) is 0 Å². The Balaban J connectivity index is 0.000000250. The molecule has 0 saturated carbocycles. The first kappa shape index (κ1) is 6.84. The van der Waals surface area contributed by atoms with Crippen molar-refractivity contribution in [3.05, 3.63) is 0 Å². The predicted molar refractivity (Wildman–Crippen MR) is 16.5 cm³/mol. The van der Waals surface area contributed by atoms with Crippen molar-refractivity contribution in [1.29, 1.82) is 0 Å². The second kappa shape index (κ2) is 1.75. The van der Waals surface area contributed by atoms with Crippen molar-refractivity contribution in [3.63, 3.8) is 0 Å². The molecule has 0 aliphatic carbocycles. The fourth-order valence-electron chi connectivity index (χ4n) is 0.0373. The van der Waals surface area contributed by atoms with Gasteiger partial charge in [0.25, 0.3) is 0 Å². The van der Waals surface area contributed by atoms with E-state index < -0.39 is 6.16 Å². The number of aliphatic hydroxyl groups is 2. The average Bonchev–Trinajstić information content (AvgIpc) is 1.76. The van der Waals surface area contributed by atoms with Crippen molar-refractivity contribution in [1.82, 2.24) is 0 Å². The summed E-state index contributed by atoms with van der Waals surface area (Å²) in [5.74, 6) is 0. The summed E-state index contributed by atoms with van der Waals surface area (Å²) >= 11 is 0. The Hall–Kier alpha value is 0.840. The summed E-state index contributed by atoms with van der Waals surface area (Å²) in [6, 6.07) is 0. The van der Waals surface area contributed by atoms with Gasteiger partial charge in [-0.2, -0.15) is 0 Å². The molecular weight excluding hydrogens is 99.0 g/mol. The van der Waals surface area contributed by atoms with Gasteiger partial charge in [0.15, 0.2) is 0 Å². The molecule has 5 heteroatoms. The van der Waals surface area contributed by atoms with Crippen molar-refractivity contribution in [2.75, 3.05) is 0 Å². The molecule has 0 aromatic carbocycles. The zero-order chi connectivity index (χ0) is 3.91. The first-order valence-corrected chi connectivity index (χ1v) is 1.02. The molecule has 1 rings (SSSR count). The Kier molecular flexibility index (Phi) is 2.00. The summed E-state index contributed by atoms with van der Waals surface area (Å²) in [6.45, 7) is 0. The van der Waals surface area contributed by atoms with Crippen LogP contribution in [-0.2, 0) is 9.78 Å². The molecule has 1 saturated heterocycles. The van der Waals surface area contributed by atoms with Crippen LogP contribution in [-0.4, -0.2) is 45.9 Å². The molecule has 0 spiro atoms. The molecule has 0 atom stereocenters. The van der Waals surface area contributed by atoms with Crippen LogP contribution in [0, 0.1) is 0 Å². The third-order valence-corrected chi connectivity index (χ3v) is 0.232. The molecular formula is CH3NaO4. The maximum absolute atomic E-state index is 7.74. The molecule has 1 aliphatic rings. The minimum absolute atomic E-state index is 0. The van der Waals surface area contributed by atoms with E-state index in [-0.39, 0.29) is 29.6 Å². The van der Waals surface area contributed by atoms with Crippen LogP contribution in [0.3, 0.4) is 0 Å². The molecule has 4 nitrogen and oxygen atoms in total. The first-order valence-electron chi connectivity index (χ1n) is 1.02. The molecule has 1 fully saturated rings. The van der Waals surface area contributed by atoms with Crippen molar-refractivity contribution in [2.45, 2.75) is 6.16 Å². The monoisotopic (exact) mass is 102 g/mol. The van der Waals surface area contributed by atoms with Crippen LogP contribution >= 0.6 is 0 Å². The number of hydrogen-bond donors (Lipinski definition) is 2. The van der Waals surface area contributed by atoms with Crippen LogP contribution in [0.4, 0.5) is 0 Å². The third-order valence-electron chi connectivity index (χ3n) is 0.232. The van der Waals surface area contributed by atoms with Crippen molar-refractivity contribution in [3.8, 4) is 0 Å². The van der Waals surface area contributed by atoms with Crippen molar-refractivity contribution >= 4 is 29.6 Å². The van der Waals surface area contributed by atoms with Crippen LogP contribution in [0.25, 0.3) is 0 Å². The Morgan fingerprint density at radius 3 is 1.33 bits per heavy atom. The van der Waals surface area contributed by atoms with Gasteiger partial charge in [-0.15, -0.1) is 9.78 Å². The van der Waals surface area contributed by atoms with Crippen LogP contribution in [0.2, 0.25) is 0 Å². The van der Waals surface area contributed by atoms with Gasteiger partial charge < -0.3 is 10.2 Å². The molecule has 1 heterocycles. The van der Waals surface area contributed by atoms with E-state index in [2.05, 4.69) is 9.78 Å². The molecule has 0 unspecified atom stereocenters. The standard InChI is InChI=1S/CH2O4.Na.H/c2-1(3)4-5-1;;/h2-3H;;. The van der Waals surface area contributed by atoms with Gasteiger partial charge >= 0.3 is 35.7 Å². The molecule has 0 radical (unpaired) electrons. The number of hydrogen-bond acceptors (Lipinski definition) is 4. The fourth-order valence-corrected chi connectivity index (χ4v) is 0.0373. The van der Waals surface area contributed by atoms with Gasteiger partial charge in [-0.25, -0.2) is 0 Å². The maximum atomic E-state index is 7.74. The van der Waals surface area contributed by atoms with E-state index >= 15 is 0 Å². The Morgan fingerprint density at radius 1 is 1.17 bits per heavy atom. The van der Waals surface area contributed by atoms with Crippen LogP contribution in [0.15, 0.2) is 0 Å². The van der Waals surface area contributed by atoms with Crippen LogP contribution < -0.4 is 0 Å². The first-order chi connectivity index (χ1) is 2.21. The molecule has 0 aromatic rings. The van der Waals surface area contributed by atoms with E-state index in [4.69, 9.17) is 10.2 Å². The Labute approximate surface area is 55.9 Å². The predicted octanol–water partition coefficient (Wildman–Crippen LogP) is -2.10. The molecule has 0 amide bonds. The third kappa shape index (κ3) is 2.09. The average molecular weight is 102 g/mol. The van der Waals surface area contributed by atoms with E-state index in [1.54, 1.807) is 0 Å². The molecule has 0 aromatic heterocycles. The van der Waals surface area contributed by atoms with Gasteiger partial charge in [0, 0.05) is 0 Å². The quantitative estimate of drug-likeness (QED) is 0.159. The van der Waals surface area contributed by atoms with E-state index in [0.29, 0.717) is 0 Å². The van der Waals surface area contributed by atoms with Crippen molar-refractivity contribution in [2.24, 2.45) is 0 Å². The topological polar surface area (TPSA) is 65.5 Å². The van der Waals surface area contributed by atoms with E-state index in [1.165, 1.54) is 0 Å². The van der Waals surface area contributed by atoms with E-state index in [0.717, 1.165) is 0 Å². The fraction of sp³-hybridized carbons (Fsp3) is 1.00. The van der Waals surface area contributed by atoms with E-state index in [1.807, 2.05) is 0 Å². The summed E-state index contributed by atoms with van der Waals surface area (Å²) in [7, 11) is 0. The van der Waals surface area contributed by atoms with Gasteiger partial charge in [-0.1, -0.05) is 0 Å². The van der Waals surface area contributed by atoms with Gasteiger partial charge in [-0.05, 0) is 0 Å². The molecule has 32 valence electrons. The molecule has 6 heavy (non-hydrogen) atoms. The molecule has 2 N–H and O–H groups in total. The minimum atomic E-state index is -2.25. The Bertz CT molecular complexity index is 45.5. The summed E-state index contributed by atoms with van der Waals surface area (Å²) in [4.78, 5) is 7.01. The van der Waals surface area contributed by atoms with Crippen LogP contribution in [0.1, 0.15) is 0 Å². The Morgan fingerprint density at radius 2 is 1.33 bits per heavy atom. The van der Waals surface area contributed by atoms with E-state index in [9.17, 15) is 0 Å². The van der Waals surface area contributed by atoms with Crippen LogP contribution in [0.5, 0.6) is 0 Å². The summed E-state index contributed by atoms with van der Waals surface area (Å²) in [5, 5.41) is 15.5. The molecule has 1 aliphatic heterocycles. The van der Waals surface area contributed by atoms with Crippen molar-refractivity contribution < 1.29 is 20.0 Å². The summed E-state index contributed by atoms with van der Waals surface area (Å²) in [6.07, 6.45) is -2.25. The second-order valence-electron chi connectivity index (χ2n) is 0.715. The molecule has 0 bridgehead atoms. The zero-order valence-corrected chi connectivity index (χ0v) is 2.21. The zero-order valence-electron chi connectivity index (χ0n) is 2.21. The number of rotatable bonds is 0.